The van der Waals surface area contributed by atoms with Gasteiger partial charge in [-0.15, -0.1) is 0 Å². The molecule has 0 spiro atoms. The fourth-order valence-electron chi connectivity index (χ4n) is 2.03. The summed E-state index contributed by atoms with van der Waals surface area (Å²) in [6.07, 6.45) is 7.60. The average molecular weight is 354 g/mol. The van der Waals surface area contributed by atoms with Crippen molar-refractivity contribution in [2.75, 3.05) is 18.8 Å². The van der Waals surface area contributed by atoms with Gasteiger partial charge in [0.05, 0.1) is 18.6 Å². The number of thioether (sulfide) groups is 1. The van der Waals surface area contributed by atoms with Crippen molar-refractivity contribution in [1.29, 1.82) is 5.26 Å². The number of H-pyrrole nitrogens is 1. The summed E-state index contributed by atoms with van der Waals surface area (Å²) in [6.45, 7) is 3.25. The van der Waals surface area contributed by atoms with Crippen molar-refractivity contribution in [3.8, 4) is 6.19 Å². The molecule has 0 radical (unpaired) electrons. The Labute approximate surface area is 152 Å². The number of benzene rings is 1. The van der Waals surface area contributed by atoms with Gasteiger partial charge in [-0.25, -0.2) is 9.98 Å². The van der Waals surface area contributed by atoms with Gasteiger partial charge in [0, 0.05) is 23.7 Å². The highest BCUT2D eigenvalue weighted by molar-refractivity contribution is 7.98. The summed E-state index contributed by atoms with van der Waals surface area (Å²) in [7, 11) is 0. The number of imidazole rings is 1. The van der Waals surface area contributed by atoms with Gasteiger partial charge in [0.25, 0.3) is 0 Å². The van der Waals surface area contributed by atoms with Crippen LogP contribution in [-0.2, 0) is 5.75 Å². The van der Waals surface area contributed by atoms with Crippen LogP contribution in [0.2, 0.25) is 0 Å². The topological polar surface area (TPSA) is 88.9 Å². The largest absolute Gasteiger partial charge is 0.355 e. The van der Waals surface area contributed by atoms with Gasteiger partial charge in [-0.1, -0.05) is 42.5 Å². The Morgan fingerprint density at radius 2 is 2.24 bits per heavy atom. The molecule has 2 rings (SSSR count). The number of nitrogens with one attached hydrogen (secondary N) is 3. The number of aromatic nitrogens is 2. The quantitative estimate of drug-likeness (QED) is 0.223. The Morgan fingerprint density at radius 3 is 2.96 bits per heavy atom. The van der Waals surface area contributed by atoms with E-state index in [1.165, 1.54) is 0 Å². The number of nitriles is 1. The number of aromatic amines is 1. The summed E-state index contributed by atoms with van der Waals surface area (Å²) < 4.78 is 0. The smallest absolute Gasteiger partial charge is 0.205 e. The second kappa shape index (κ2) is 10.9. The van der Waals surface area contributed by atoms with E-state index in [-0.39, 0.29) is 0 Å². The molecule has 1 aromatic heterocycles. The van der Waals surface area contributed by atoms with Gasteiger partial charge in [0.1, 0.15) is 0 Å². The van der Waals surface area contributed by atoms with Crippen LogP contribution in [0, 0.1) is 18.4 Å². The van der Waals surface area contributed by atoms with Gasteiger partial charge in [-0.05, 0) is 12.5 Å². The number of nitrogens with zero attached hydrogens (tertiary/aromatic N) is 3. The Morgan fingerprint density at radius 1 is 1.40 bits per heavy atom. The molecule has 0 bridgehead atoms. The summed E-state index contributed by atoms with van der Waals surface area (Å²) >= 11 is 1.79. The summed E-state index contributed by atoms with van der Waals surface area (Å²) in [5, 5.41) is 14.5. The minimum atomic E-state index is 0.497. The highest BCUT2D eigenvalue weighted by Gasteiger charge is 2.01. The molecule has 0 amide bonds. The molecule has 0 atom stereocenters. The molecule has 6 nitrogen and oxygen atoms in total. The fraction of sp³-hybridized carbons (Fsp3) is 0.278. The van der Waals surface area contributed by atoms with E-state index in [2.05, 4.69) is 25.6 Å². The molecule has 1 heterocycles. The molecule has 0 aliphatic heterocycles. The molecule has 130 valence electrons. The lowest BCUT2D eigenvalue weighted by Gasteiger charge is -2.07. The van der Waals surface area contributed by atoms with E-state index < -0.39 is 0 Å². The minimum absolute atomic E-state index is 0.497. The van der Waals surface area contributed by atoms with Gasteiger partial charge in [0.15, 0.2) is 6.19 Å². The first-order valence-electron chi connectivity index (χ1n) is 8.01. The maximum absolute atomic E-state index is 8.81. The molecule has 0 saturated heterocycles. The molecule has 0 aliphatic rings. The monoisotopic (exact) mass is 354 g/mol. The molecule has 0 unspecified atom stereocenters. The van der Waals surface area contributed by atoms with Crippen LogP contribution in [0.4, 0.5) is 0 Å². The lowest BCUT2D eigenvalue weighted by Crippen LogP contribution is -2.36. The van der Waals surface area contributed by atoms with Crippen molar-refractivity contribution in [1.82, 2.24) is 20.6 Å². The predicted octanol–water partition coefficient (Wildman–Crippen LogP) is 2.68. The first kappa shape index (κ1) is 18.6. The van der Waals surface area contributed by atoms with Crippen molar-refractivity contribution < 1.29 is 0 Å². The number of hydrogen-bond acceptors (Lipinski definition) is 4. The second-order valence-corrected chi connectivity index (χ2v) is 6.30. The first-order valence-corrected chi connectivity index (χ1v) is 9.16. The van der Waals surface area contributed by atoms with Crippen LogP contribution in [0.15, 0.2) is 47.7 Å². The number of rotatable bonds is 8. The van der Waals surface area contributed by atoms with Gasteiger partial charge >= 0.3 is 0 Å². The van der Waals surface area contributed by atoms with Crippen molar-refractivity contribution >= 4 is 23.8 Å². The van der Waals surface area contributed by atoms with Crippen LogP contribution in [0.5, 0.6) is 0 Å². The lowest BCUT2D eigenvalue weighted by atomic mass is 10.2. The van der Waals surface area contributed by atoms with Gasteiger partial charge in [0.2, 0.25) is 5.96 Å². The van der Waals surface area contributed by atoms with E-state index in [1.807, 2.05) is 55.6 Å². The van der Waals surface area contributed by atoms with Crippen molar-refractivity contribution in [3.63, 3.8) is 0 Å². The van der Waals surface area contributed by atoms with Gasteiger partial charge < -0.3 is 10.3 Å². The van der Waals surface area contributed by atoms with Crippen molar-refractivity contribution in [2.45, 2.75) is 12.7 Å². The fourth-order valence-corrected chi connectivity index (χ4v) is 2.91. The van der Waals surface area contributed by atoms with Crippen molar-refractivity contribution in [3.05, 3.63) is 59.7 Å². The molecule has 1 aromatic carbocycles. The summed E-state index contributed by atoms with van der Waals surface area (Å²) in [6, 6.07) is 10.0. The van der Waals surface area contributed by atoms with E-state index in [9.17, 15) is 0 Å². The molecular weight excluding hydrogens is 332 g/mol. The summed E-state index contributed by atoms with van der Waals surface area (Å²) in [4.78, 5) is 11.7. The Bertz CT molecular complexity index is 730. The third-order valence-electron chi connectivity index (χ3n) is 3.35. The second-order valence-electron chi connectivity index (χ2n) is 5.19. The Kier molecular flexibility index (Phi) is 8.15. The normalized spacial score (nSPS) is 11.4. The standard InChI is InChI=1S/C18H22N6S/c1-15-17(24-14-23-15)12-25-11-10-21-18(22-13-19)20-9-5-8-16-6-3-2-4-7-16/h2-8,14H,9-12H2,1H3,(H,23,24)(H2,20,21,22)/b8-5+. The highest BCUT2D eigenvalue weighted by Crippen LogP contribution is 2.11. The SMILES string of the molecule is Cc1[nH]cnc1CSCCNC(=NC/C=C/c1ccccc1)NC#N. The van der Waals surface area contributed by atoms with E-state index in [0.717, 1.165) is 35.0 Å². The number of aliphatic imine (C=N–C) groups is 1. The molecule has 25 heavy (non-hydrogen) atoms. The summed E-state index contributed by atoms with van der Waals surface area (Å²) in [5.74, 6) is 2.27. The third-order valence-corrected chi connectivity index (χ3v) is 4.32. The molecule has 2 aromatic rings. The van der Waals surface area contributed by atoms with Gasteiger partial charge in [-0.2, -0.15) is 17.0 Å². The highest BCUT2D eigenvalue weighted by atomic mass is 32.2. The summed E-state index contributed by atoms with van der Waals surface area (Å²) in [5.41, 5.74) is 3.32. The van der Waals surface area contributed by atoms with Crippen LogP contribution in [0.25, 0.3) is 6.08 Å². The predicted molar refractivity (Wildman–Crippen MR) is 104 cm³/mol. The van der Waals surface area contributed by atoms with Crippen LogP contribution in [0.3, 0.4) is 0 Å². The molecule has 0 aliphatic carbocycles. The Balaban J connectivity index is 1.69. The minimum Gasteiger partial charge on any atom is -0.355 e. The van der Waals surface area contributed by atoms with E-state index in [0.29, 0.717) is 12.5 Å². The number of hydrogen-bond donors (Lipinski definition) is 3. The number of aryl methyl sites for hydroxylation is 1. The zero-order chi connectivity index (χ0) is 17.7. The molecular formula is C18H22N6S. The van der Waals surface area contributed by atoms with Crippen LogP contribution in [0.1, 0.15) is 17.0 Å². The number of guanidine groups is 1. The maximum Gasteiger partial charge on any atom is 0.205 e. The maximum atomic E-state index is 8.81. The molecule has 3 N–H and O–H groups in total. The Hall–Kier alpha value is -2.72. The third kappa shape index (κ3) is 7.14. The van der Waals surface area contributed by atoms with E-state index in [1.54, 1.807) is 18.1 Å². The zero-order valence-electron chi connectivity index (χ0n) is 14.2. The van der Waals surface area contributed by atoms with Crippen LogP contribution >= 0.6 is 11.8 Å². The van der Waals surface area contributed by atoms with Crippen molar-refractivity contribution in [2.24, 2.45) is 4.99 Å². The first-order chi connectivity index (χ1) is 12.3. The van der Waals surface area contributed by atoms with Crippen LogP contribution < -0.4 is 10.6 Å². The molecule has 7 heteroatoms. The molecule has 0 saturated carbocycles. The lowest BCUT2D eigenvalue weighted by molar-refractivity contribution is 0.923. The average Bonchev–Trinajstić information content (AvgIpc) is 3.04. The molecule has 0 fully saturated rings. The van der Waals surface area contributed by atoms with Gasteiger partial charge in [-0.3, -0.25) is 5.32 Å². The zero-order valence-corrected chi connectivity index (χ0v) is 15.0. The van der Waals surface area contributed by atoms with E-state index >= 15 is 0 Å². The van der Waals surface area contributed by atoms with E-state index in [4.69, 9.17) is 5.26 Å². The van der Waals surface area contributed by atoms with Crippen LogP contribution in [-0.4, -0.2) is 34.8 Å².